The second kappa shape index (κ2) is 6.34. The number of hydrogen-bond donors (Lipinski definition) is 3. The summed E-state index contributed by atoms with van der Waals surface area (Å²) in [6.45, 7) is 1.11. The van der Waals surface area contributed by atoms with E-state index in [9.17, 15) is 14.7 Å². The van der Waals surface area contributed by atoms with Gasteiger partial charge in [-0.15, -0.1) is 0 Å². The zero-order valence-electron chi connectivity index (χ0n) is 15.9. The van der Waals surface area contributed by atoms with Gasteiger partial charge in [-0.2, -0.15) is 0 Å². The molecule has 4 N–H and O–H groups in total. The summed E-state index contributed by atoms with van der Waals surface area (Å²) in [7, 11) is 0. The van der Waals surface area contributed by atoms with Gasteiger partial charge in [0.15, 0.2) is 0 Å². The van der Waals surface area contributed by atoms with Gasteiger partial charge in [0, 0.05) is 29.5 Å². The number of rotatable bonds is 1. The van der Waals surface area contributed by atoms with Crippen molar-refractivity contribution in [3.8, 4) is 5.75 Å². The lowest BCUT2D eigenvalue weighted by Gasteiger charge is -2.39. The van der Waals surface area contributed by atoms with E-state index in [2.05, 4.69) is 9.97 Å². The largest absolute Gasteiger partial charge is 0.506 e. The molecule has 1 aliphatic carbocycles. The van der Waals surface area contributed by atoms with Crippen LogP contribution in [-0.4, -0.2) is 39.0 Å². The first kappa shape index (κ1) is 17.7. The Hall–Kier alpha value is -3.35. The summed E-state index contributed by atoms with van der Waals surface area (Å²) in [5, 5.41) is 12.2. The Kier molecular flexibility index (Phi) is 3.87. The van der Waals surface area contributed by atoms with Crippen LogP contribution in [0.1, 0.15) is 40.9 Å². The molecule has 0 bridgehead atoms. The van der Waals surface area contributed by atoms with Crippen molar-refractivity contribution in [2.75, 3.05) is 18.8 Å². The van der Waals surface area contributed by atoms with Crippen molar-refractivity contribution in [2.45, 2.75) is 31.1 Å². The van der Waals surface area contributed by atoms with Gasteiger partial charge >= 0.3 is 0 Å². The molecule has 3 aromatic rings. The van der Waals surface area contributed by atoms with Crippen LogP contribution in [0.2, 0.25) is 0 Å². The Morgan fingerprint density at radius 2 is 1.90 bits per heavy atom. The van der Waals surface area contributed by atoms with Gasteiger partial charge < -0.3 is 15.7 Å². The van der Waals surface area contributed by atoms with Gasteiger partial charge in [0.05, 0.1) is 11.3 Å². The highest BCUT2D eigenvalue weighted by Crippen LogP contribution is 2.44. The number of nitrogen functional groups attached to an aromatic ring is 1. The number of aromatic nitrogens is 2. The van der Waals surface area contributed by atoms with E-state index in [1.54, 1.807) is 11.0 Å². The number of anilines is 1. The zero-order valence-corrected chi connectivity index (χ0v) is 15.9. The number of nitrogens with one attached hydrogen (secondary N) is 1. The third-order valence-corrected chi connectivity index (χ3v) is 6.53. The van der Waals surface area contributed by atoms with Gasteiger partial charge in [-0.25, -0.2) is 4.98 Å². The number of piperidine rings is 1. The predicted octanol–water partition coefficient (Wildman–Crippen LogP) is 2.33. The molecule has 2 aromatic carbocycles. The Bertz CT molecular complexity index is 1190. The fourth-order valence-corrected chi connectivity index (χ4v) is 4.89. The number of phenolic OH excluding ortho intramolecular Hbond substituents is 1. The standard InChI is InChI=1S/C22H22N4O3/c23-21-24-18-16(19(28)25-21)7-8-22(18)9-11-26(12-10-22)20(29)15-6-5-13-3-1-2-4-14(13)17(15)27/h1-6,27H,7-12H2,(H3,23,24,25,28). The zero-order chi connectivity index (χ0) is 20.2. The number of aromatic amines is 1. The molecular formula is C22H22N4O3. The van der Waals surface area contributed by atoms with Crippen LogP contribution >= 0.6 is 0 Å². The van der Waals surface area contributed by atoms with Gasteiger partial charge in [0.25, 0.3) is 11.5 Å². The van der Waals surface area contributed by atoms with E-state index in [1.807, 2.05) is 30.3 Å². The quantitative estimate of drug-likeness (QED) is 0.590. The van der Waals surface area contributed by atoms with Crippen LogP contribution in [0, 0.1) is 0 Å². The summed E-state index contributed by atoms with van der Waals surface area (Å²) in [5.74, 6) is 0.00916. The smallest absolute Gasteiger partial charge is 0.257 e. The molecule has 1 aromatic heterocycles. The highest BCUT2D eigenvalue weighted by molar-refractivity contribution is 6.03. The molecule has 1 aliphatic heterocycles. The molecule has 0 unspecified atom stereocenters. The number of hydrogen-bond acceptors (Lipinski definition) is 5. The summed E-state index contributed by atoms with van der Waals surface area (Å²) < 4.78 is 0. The molecule has 2 heterocycles. The molecule has 0 radical (unpaired) electrons. The lowest BCUT2D eigenvalue weighted by Crippen LogP contribution is -2.45. The maximum absolute atomic E-state index is 13.1. The number of likely N-dealkylation sites (tertiary alicyclic amines) is 1. The van der Waals surface area contributed by atoms with Gasteiger partial charge in [0.1, 0.15) is 5.75 Å². The molecule has 1 fully saturated rings. The van der Waals surface area contributed by atoms with Gasteiger partial charge in [-0.3, -0.25) is 14.6 Å². The minimum Gasteiger partial charge on any atom is -0.506 e. The summed E-state index contributed by atoms with van der Waals surface area (Å²) >= 11 is 0. The topological polar surface area (TPSA) is 112 Å². The van der Waals surface area contributed by atoms with Crippen molar-refractivity contribution in [1.29, 1.82) is 0 Å². The van der Waals surface area contributed by atoms with E-state index in [0.29, 0.717) is 30.5 Å². The number of benzene rings is 2. The monoisotopic (exact) mass is 390 g/mol. The molecule has 1 spiro atoms. The first-order chi connectivity index (χ1) is 14.0. The number of fused-ring (bicyclic) bond motifs is 3. The van der Waals surface area contributed by atoms with Crippen molar-refractivity contribution >= 4 is 22.6 Å². The number of H-pyrrole nitrogens is 1. The van der Waals surface area contributed by atoms with Crippen LogP contribution in [0.3, 0.4) is 0 Å². The number of amides is 1. The van der Waals surface area contributed by atoms with E-state index in [1.165, 1.54) is 0 Å². The number of phenols is 1. The Morgan fingerprint density at radius 3 is 2.69 bits per heavy atom. The van der Waals surface area contributed by atoms with Crippen molar-refractivity contribution < 1.29 is 9.90 Å². The lowest BCUT2D eigenvalue weighted by atomic mass is 9.76. The van der Waals surface area contributed by atoms with Crippen molar-refractivity contribution in [3.05, 3.63) is 63.6 Å². The van der Waals surface area contributed by atoms with Crippen LogP contribution in [0.5, 0.6) is 5.75 Å². The molecule has 2 aliphatic rings. The summed E-state index contributed by atoms with van der Waals surface area (Å²) in [4.78, 5) is 34.1. The Labute approximate surface area is 167 Å². The van der Waals surface area contributed by atoms with Gasteiger partial charge in [0.2, 0.25) is 5.95 Å². The predicted molar refractivity (Wildman–Crippen MR) is 110 cm³/mol. The first-order valence-corrected chi connectivity index (χ1v) is 9.88. The SMILES string of the molecule is Nc1nc2c(c(=O)[nH]1)CCC21CCN(C(=O)c2ccc3ccccc3c2O)CC1. The van der Waals surface area contributed by atoms with E-state index in [4.69, 9.17) is 5.73 Å². The molecule has 7 nitrogen and oxygen atoms in total. The average molecular weight is 390 g/mol. The summed E-state index contributed by atoms with van der Waals surface area (Å²) in [6, 6.07) is 11.0. The fourth-order valence-electron chi connectivity index (χ4n) is 4.89. The molecule has 29 heavy (non-hydrogen) atoms. The van der Waals surface area contributed by atoms with E-state index in [-0.39, 0.29) is 28.6 Å². The Balaban J connectivity index is 1.41. The maximum atomic E-state index is 13.1. The van der Waals surface area contributed by atoms with Crippen LogP contribution in [0.15, 0.2) is 41.2 Å². The van der Waals surface area contributed by atoms with Gasteiger partial charge in [-0.05, 0) is 37.1 Å². The minimum absolute atomic E-state index is 0.0283. The highest BCUT2D eigenvalue weighted by atomic mass is 16.3. The number of carbonyl (C=O) groups excluding carboxylic acids is 1. The normalized spacial score (nSPS) is 17.6. The molecule has 7 heteroatoms. The molecular weight excluding hydrogens is 368 g/mol. The molecule has 148 valence electrons. The second-order valence-electron chi connectivity index (χ2n) is 8.03. The fraction of sp³-hybridized carbons (Fsp3) is 0.318. The van der Waals surface area contributed by atoms with Crippen molar-refractivity contribution in [1.82, 2.24) is 14.9 Å². The van der Waals surface area contributed by atoms with E-state index in [0.717, 1.165) is 35.9 Å². The van der Waals surface area contributed by atoms with Crippen LogP contribution in [0.25, 0.3) is 10.8 Å². The number of carbonyl (C=O) groups is 1. The molecule has 5 rings (SSSR count). The molecule has 1 amide bonds. The molecule has 0 saturated carbocycles. The van der Waals surface area contributed by atoms with Crippen molar-refractivity contribution in [2.24, 2.45) is 0 Å². The summed E-state index contributed by atoms with van der Waals surface area (Å²) in [5.41, 5.74) is 7.29. The van der Waals surface area contributed by atoms with Crippen LogP contribution in [-0.2, 0) is 11.8 Å². The molecule has 1 saturated heterocycles. The van der Waals surface area contributed by atoms with E-state index < -0.39 is 0 Å². The Morgan fingerprint density at radius 1 is 1.14 bits per heavy atom. The third-order valence-electron chi connectivity index (χ3n) is 6.53. The first-order valence-electron chi connectivity index (χ1n) is 9.88. The number of aromatic hydroxyl groups is 1. The second-order valence-corrected chi connectivity index (χ2v) is 8.03. The highest BCUT2D eigenvalue weighted by Gasteiger charge is 2.44. The minimum atomic E-state index is -0.195. The van der Waals surface area contributed by atoms with Crippen LogP contribution < -0.4 is 11.3 Å². The molecule has 0 atom stereocenters. The number of nitrogens with two attached hydrogens (primary N) is 1. The van der Waals surface area contributed by atoms with Crippen LogP contribution in [0.4, 0.5) is 5.95 Å². The lowest BCUT2D eigenvalue weighted by molar-refractivity contribution is 0.0661. The van der Waals surface area contributed by atoms with Gasteiger partial charge in [-0.1, -0.05) is 30.3 Å². The third kappa shape index (κ3) is 2.68. The van der Waals surface area contributed by atoms with Crippen molar-refractivity contribution in [3.63, 3.8) is 0 Å². The number of nitrogens with zero attached hydrogens (tertiary/aromatic N) is 2. The summed E-state index contributed by atoms with van der Waals surface area (Å²) in [6.07, 6.45) is 3.01. The average Bonchev–Trinajstić information content (AvgIpc) is 3.07. The van der Waals surface area contributed by atoms with E-state index >= 15 is 0 Å². The maximum Gasteiger partial charge on any atom is 0.257 e.